The normalized spacial score (nSPS) is 27.0. The molecule has 0 amide bonds. The first-order chi connectivity index (χ1) is 13.0. The predicted molar refractivity (Wildman–Crippen MR) is 101 cm³/mol. The van der Waals surface area contributed by atoms with Crippen molar-refractivity contribution in [1.29, 1.82) is 0 Å². The van der Waals surface area contributed by atoms with Crippen molar-refractivity contribution in [2.24, 2.45) is 0 Å². The highest BCUT2D eigenvalue weighted by Gasteiger charge is 2.45. The van der Waals surface area contributed by atoms with Gasteiger partial charge in [-0.15, -0.1) is 0 Å². The highest BCUT2D eigenvalue weighted by Crippen LogP contribution is 2.41. The largest absolute Gasteiger partial charge is 0.449 e. The van der Waals surface area contributed by atoms with Gasteiger partial charge in [-0.3, -0.25) is 0 Å². The maximum atomic E-state index is 11.9. The summed E-state index contributed by atoms with van der Waals surface area (Å²) >= 11 is 0. The van der Waals surface area contributed by atoms with Gasteiger partial charge in [0.15, 0.2) is 11.2 Å². The zero-order valence-corrected chi connectivity index (χ0v) is 16.1. The highest BCUT2D eigenvalue weighted by molar-refractivity contribution is 5.87. The molecule has 2 N–H and O–H groups in total. The van der Waals surface area contributed by atoms with Crippen molar-refractivity contribution in [3.05, 3.63) is 23.5 Å². The summed E-state index contributed by atoms with van der Waals surface area (Å²) in [6.45, 7) is 2.74. The Morgan fingerprint density at radius 2 is 1.33 bits per heavy atom. The van der Waals surface area contributed by atoms with Gasteiger partial charge in [-0.1, -0.05) is 12.8 Å². The monoisotopic (exact) mass is 374 g/mol. The van der Waals surface area contributed by atoms with Crippen LogP contribution in [0, 0.1) is 0 Å². The van der Waals surface area contributed by atoms with E-state index in [2.05, 4.69) is 17.6 Å². The molecule has 2 saturated carbocycles. The minimum Gasteiger partial charge on any atom is -0.449 e. The van der Waals surface area contributed by atoms with Crippen molar-refractivity contribution in [3.8, 4) is 0 Å². The molecule has 2 aliphatic carbocycles. The van der Waals surface area contributed by atoms with Gasteiger partial charge in [-0.25, -0.2) is 9.59 Å². The molecule has 2 fully saturated rings. The van der Waals surface area contributed by atoms with Gasteiger partial charge < -0.3 is 20.1 Å². The lowest BCUT2D eigenvalue weighted by molar-refractivity contribution is -0.149. The molecule has 4 aliphatic rings. The van der Waals surface area contributed by atoms with Gasteiger partial charge in [-0.2, -0.15) is 0 Å². The molecule has 0 radical (unpaired) electrons. The third kappa shape index (κ3) is 3.58. The van der Waals surface area contributed by atoms with E-state index in [-0.39, 0.29) is 18.0 Å². The second-order valence-electron chi connectivity index (χ2n) is 8.49. The summed E-state index contributed by atoms with van der Waals surface area (Å²) in [5, 5.41) is 6.94. The third-order valence-corrected chi connectivity index (χ3v) is 6.42. The number of carbonyl (C=O) groups excluding carboxylic acids is 2. The Labute approximate surface area is 160 Å². The van der Waals surface area contributed by atoms with E-state index >= 15 is 0 Å². The molecule has 2 spiro atoms. The van der Waals surface area contributed by atoms with Gasteiger partial charge in [-0.05, 0) is 58.3 Å². The summed E-state index contributed by atoms with van der Waals surface area (Å²) in [5.74, 6) is -0.475. The summed E-state index contributed by atoms with van der Waals surface area (Å²) in [6, 6.07) is 0.0989. The molecule has 0 bridgehead atoms. The SMILES string of the molecule is CC(CNC1=CC(=O)OC12CCCCC2)NC1=CC(=O)OC12CCCCC2. The van der Waals surface area contributed by atoms with E-state index in [1.165, 1.54) is 12.8 Å². The Morgan fingerprint density at radius 1 is 0.852 bits per heavy atom. The molecule has 27 heavy (non-hydrogen) atoms. The van der Waals surface area contributed by atoms with Gasteiger partial charge in [0, 0.05) is 24.7 Å². The van der Waals surface area contributed by atoms with E-state index < -0.39 is 11.2 Å². The number of hydrogen-bond donors (Lipinski definition) is 2. The van der Waals surface area contributed by atoms with Gasteiger partial charge in [0.1, 0.15) is 0 Å². The third-order valence-electron chi connectivity index (χ3n) is 6.42. The maximum absolute atomic E-state index is 11.9. The van der Waals surface area contributed by atoms with E-state index in [1.807, 2.05) is 0 Å². The Balaban J connectivity index is 1.37. The molecule has 4 rings (SSSR count). The van der Waals surface area contributed by atoms with Crippen LogP contribution in [0.3, 0.4) is 0 Å². The minimum absolute atomic E-state index is 0.0989. The summed E-state index contributed by atoms with van der Waals surface area (Å²) in [5.41, 5.74) is 0.952. The number of hydrogen-bond acceptors (Lipinski definition) is 6. The number of rotatable bonds is 5. The Morgan fingerprint density at radius 3 is 1.89 bits per heavy atom. The second-order valence-corrected chi connectivity index (χ2v) is 8.49. The van der Waals surface area contributed by atoms with Gasteiger partial charge >= 0.3 is 11.9 Å². The van der Waals surface area contributed by atoms with Crippen LogP contribution in [0.25, 0.3) is 0 Å². The fourth-order valence-electron chi connectivity index (χ4n) is 5.01. The Hall–Kier alpha value is -1.98. The number of nitrogens with one attached hydrogen (secondary N) is 2. The van der Waals surface area contributed by atoms with Crippen LogP contribution in [-0.4, -0.2) is 35.7 Å². The molecule has 2 heterocycles. The smallest absolute Gasteiger partial charge is 0.333 e. The number of carbonyl (C=O) groups is 2. The van der Waals surface area contributed by atoms with Crippen molar-refractivity contribution < 1.29 is 19.1 Å². The first kappa shape index (κ1) is 18.4. The quantitative estimate of drug-likeness (QED) is 0.721. The first-order valence-electron chi connectivity index (χ1n) is 10.4. The molecule has 6 heteroatoms. The zero-order chi connectivity index (χ0) is 18.9. The lowest BCUT2D eigenvalue weighted by atomic mass is 9.82. The summed E-state index contributed by atoms with van der Waals surface area (Å²) < 4.78 is 11.4. The fraction of sp³-hybridized carbons (Fsp3) is 0.714. The summed E-state index contributed by atoms with van der Waals surface area (Å²) in [6.07, 6.45) is 13.6. The molecule has 0 saturated heterocycles. The van der Waals surface area contributed by atoms with Crippen molar-refractivity contribution in [3.63, 3.8) is 0 Å². The summed E-state index contributed by atoms with van der Waals surface area (Å²) in [7, 11) is 0. The standard InChI is InChI=1S/C21H30N2O4/c1-15(23-17-13-19(25)27-21(17)10-6-3-7-11-21)14-22-16-12-18(24)26-20(16)8-4-2-5-9-20/h12-13,15,22-23H,2-11,14H2,1H3. The molecule has 2 aliphatic heterocycles. The van der Waals surface area contributed by atoms with Crippen LogP contribution >= 0.6 is 0 Å². The van der Waals surface area contributed by atoms with Crippen LogP contribution in [0.2, 0.25) is 0 Å². The van der Waals surface area contributed by atoms with E-state index in [4.69, 9.17) is 9.47 Å². The maximum Gasteiger partial charge on any atom is 0.333 e. The molecular weight excluding hydrogens is 344 g/mol. The number of ether oxygens (including phenoxy) is 2. The Bertz CT molecular complexity index is 670. The molecule has 0 aromatic carbocycles. The average molecular weight is 374 g/mol. The molecule has 1 unspecified atom stereocenters. The number of esters is 2. The van der Waals surface area contributed by atoms with Crippen LogP contribution in [0.5, 0.6) is 0 Å². The van der Waals surface area contributed by atoms with Gasteiger partial charge in [0.05, 0.1) is 11.4 Å². The van der Waals surface area contributed by atoms with Crippen molar-refractivity contribution in [1.82, 2.24) is 10.6 Å². The molecule has 6 nitrogen and oxygen atoms in total. The van der Waals surface area contributed by atoms with Crippen molar-refractivity contribution in [2.45, 2.75) is 88.4 Å². The average Bonchev–Trinajstić information content (AvgIpc) is 3.10. The van der Waals surface area contributed by atoms with Gasteiger partial charge in [0.25, 0.3) is 0 Å². The van der Waals surface area contributed by atoms with Crippen LogP contribution < -0.4 is 10.6 Å². The molecule has 148 valence electrons. The van der Waals surface area contributed by atoms with E-state index in [0.29, 0.717) is 6.54 Å². The second kappa shape index (κ2) is 7.21. The van der Waals surface area contributed by atoms with Crippen LogP contribution in [-0.2, 0) is 19.1 Å². The zero-order valence-electron chi connectivity index (χ0n) is 16.1. The van der Waals surface area contributed by atoms with E-state index in [1.54, 1.807) is 12.2 Å². The van der Waals surface area contributed by atoms with Gasteiger partial charge in [0.2, 0.25) is 0 Å². The predicted octanol–water partition coefficient (Wildman–Crippen LogP) is 2.84. The lowest BCUT2D eigenvalue weighted by Gasteiger charge is -2.37. The van der Waals surface area contributed by atoms with E-state index in [9.17, 15) is 9.59 Å². The Kier molecular flexibility index (Phi) is 4.91. The molecule has 0 aromatic heterocycles. The van der Waals surface area contributed by atoms with Crippen LogP contribution in [0.1, 0.15) is 71.1 Å². The first-order valence-corrected chi connectivity index (χ1v) is 10.4. The summed E-state index contributed by atoms with van der Waals surface area (Å²) in [4.78, 5) is 23.8. The molecular formula is C21H30N2O4. The highest BCUT2D eigenvalue weighted by atomic mass is 16.6. The molecule has 0 aromatic rings. The van der Waals surface area contributed by atoms with Crippen molar-refractivity contribution in [2.75, 3.05) is 6.54 Å². The van der Waals surface area contributed by atoms with Crippen molar-refractivity contribution >= 4 is 11.9 Å². The minimum atomic E-state index is -0.445. The fourth-order valence-corrected chi connectivity index (χ4v) is 5.01. The van der Waals surface area contributed by atoms with E-state index in [0.717, 1.165) is 62.8 Å². The topological polar surface area (TPSA) is 76.7 Å². The lowest BCUT2D eigenvalue weighted by Crippen LogP contribution is -2.46. The molecule has 1 atom stereocenters. The van der Waals surface area contributed by atoms with Crippen LogP contribution in [0.4, 0.5) is 0 Å². The van der Waals surface area contributed by atoms with Crippen LogP contribution in [0.15, 0.2) is 23.5 Å².